The smallest absolute Gasteiger partial charge is 0.238 e. The van der Waals surface area contributed by atoms with Crippen LogP contribution >= 0.6 is 15.9 Å². The van der Waals surface area contributed by atoms with E-state index < -0.39 is 10.0 Å². The van der Waals surface area contributed by atoms with E-state index in [1.165, 1.54) is 6.20 Å². The maximum absolute atomic E-state index is 12.0. The molecule has 0 saturated carbocycles. The summed E-state index contributed by atoms with van der Waals surface area (Å²) in [5, 5.41) is 8.69. The molecule has 0 atom stereocenters. The first kappa shape index (κ1) is 14.5. The monoisotopic (exact) mass is 351 g/mol. The number of halogens is 1. The Balaban J connectivity index is 2.15. The Hall–Kier alpha value is -1.91. The second-order valence-electron chi connectivity index (χ2n) is 4.00. The average molecular weight is 352 g/mol. The zero-order chi connectivity index (χ0) is 14.6. The number of hydrogen-bond acceptors (Lipinski definition) is 4. The lowest BCUT2D eigenvalue weighted by molar-refractivity contribution is 0.600. The third-order valence-corrected chi connectivity index (χ3v) is 4.31. The van der Waals surface area contributed by atoms with Gasteiger partial charge < -0.3 is 0 Å². The molecule has 0 aliphatic rings. The molecule has 0 saturated heterocycles. The molecule has 0 aliphatic carbocycles. The van der Waals surface area contributed by atoms with Crippen molar-refractivity contribution < 1.29 is 8.42 Å². The molecule has 0 amide bonds. The number of pyridine rings is 1. The van der Waals surface area contributed by atoms with Crippen LogP contribution in [0.3, 0.4) is 0 Å². The lowest BCUT2D eigenvalue weighted by Gasteiger charge is -2.08. The van der Waals surface area contributed by atoms with Crippen molar-refractivity contribution in [3.8, 4) is 6.07 Å². The largest absolute Gasteiger partial charge is 0.266 e. The van der Waals surface area contributed by atoms with Gasteiger partial charge in [-0.05, 0) is 45.8 Å². The molecule has 0 unspecified atom stereocenters. The zero-order valence-electron chi connectivity index (χ0n) is 10.2. The summed E-state index contributed by atoms with van der Waals surface area (Å²) < 4.78 is 27.1. The number of benzene rings is 1. The van der Waals surface area contributed by atoms with Gasteiger partial charge in [0, 0.05) is 6.20 Å². The van der Waals surface area contributed by atoms with Crippen molar-refractivity contribution in [2.24, 2.45) is 0 Å². The number of hydrogen-bond donors (Lipinski definition) is 1. The van der Waals surface area contributed by atoms with Gasteiger partial charge in [-0.2, -0.15) is 5.26 Å². The van der Waals surface area contributed by atoms with Gasteiger partial charge in [0.1, 0.15) is 0 Å². The van der Waals surface area contributed by atoms with Crippen LogP contribution in [0.5, 0.6) is 0 Å². The normalized spacial score (nSPS) is 10.8. The lowest BCUT2D eigenvalue weighted by atomic mass is 10.2. The van der Waals surface area contributed by atoms with Gasteiger partial charge in [-0.1, -0.05) is 12.1 Å². The third kappa shape index (κ3) is 3.79. The summed E-state index contributed by atoms with van der Waals surface area (Å²) in [6.45, 7) is 0. The number of rotatable bonds is 4. The Morgan fingerprint density at radius 1 is 1.25 bits per heavy atom. The molecule has 0 radical (unpaired) electrons. The number of aromatic nitrogens is 1. The van der Waals surface area contributed by atoms with E-state index in [4.69, 9.17) is 5.26 Å². The molecule has 1 aromatic heterocycles. The standard InChI is InChI=1S/C13H10BrN3O2S/c14-12-2-1-7-16-13(12)17-20(18,19)9-11-5-3-10(8-15)4-6-11/h1-7H,9H2,(H,16,17). The molecule has 0 aliphatic heterocycles. The van der Waals surface area contributed by atoms with Crippen LogP contribution in [0.4, 0.5) is 5.82 Å². The van der Waals surface area contributed by atoms with E-state index in [0.29, 0.717) is 15.6 Å². The van der Waals surface area contributed by atoms with Crippen LogP contribution in [0.2, 0.25) is 0 Å². The predicted octanol–water partition coefficient (Wildman–Crippen LogP) is 2.66. The van der Waals surface area contributed by atoms with E-state index in [2.05, 4.69) is 25.6 Å². The van der Waals surface area contributed by atoms with Crippen molar-refractivity contribution in [2.45, 2.75) is 5.75 Å². The molecule has 2 rings (SSSR count). The topological polar surface area (TPSA) is 82.8 Å². The van der Waals surface area contributed by atoms with E-state index >= 15 is 0 Å². The predicted molar refractivity (Wildman–Crippen MR) is 79.3 cm³/mol. The van der Waals surface area contributed by atoms with E-state index in [-0.39, 0.29) is 11.6 Å². The molecule has 20 heavy (non-hydrogen) atoms. The highest BCUT2D eigenvalue weighted by atomic mass is 79.9. The van der Waals surface area contributed by atoms with Crippen molar-refractivity contribution in [3.05, 3.63) is 58.2 Å². The minimum absolute atomic E-state index is 0.179. The van der Waals surface area contributed by atoms with Crippen LogP contribution in [0, 0.1) is 11.3 Å². The lowest BCUT2D eigenvalue weighted by Crippen LogP contribution is -2.16. The van der Waals surface area contributed by atoms with E-state index in [9.17, 15) is 8.42 Å². The number of nitrogens with one attached hydrogen (secondary N) is 1. The first-order valence-electron chi connectivity index (χ1n) is 5.60. The van der Waals surface area contributed by atoms with Gasteiger partial charge in [0.05, 0.1) is 21.9 Å². The van der Waals surface area contributed by atoms with Crippen molar-refractivity contribution in [3.63, 3.8) is 0 Å². The summed E-state index contributed by atoms with van der Waals surface area (Å²) in [4.78, 5) is 3.95. The molecular formula is C13H10BrN3O2S. The molecule has 102 valence electrons. The minimum atomic E-state index is -3.56. The van der Waals surface area contributed by atoms with Crippen LogP contribution in [0.15, 0.2) is 47.1 Å². The molecule has 0 fully saturated rings. The summed E-state index contributed by atoms with van der Waals surface area (Å²) in [5.41, 5.74) is 1.09. The first-order valence-corrected chi connectivity index (χ1v) is 8.05. The molecule has 1 N–H and O–H groups in total. The van der Waals surface area contributed by atoms with Gasteiger partial charge in [-0.25, -0.2) is 13.4 Å². The summed E-state index contributed by atoms with van der Waals surface area (Å²) >= 11 is 3.23. The van der Waals surface area contributed by atoms with Crippen LogP contribution < -0.4 is 4.72 Å². The fourth-order valence-electron chi connectivity index (χ4n) is 1.54. The summed E-state index contributed by atoms with van der Waals surface area (Å²) in [6, 6.07) is 11.8. The molecule has 2 aromatic rings. The maximum Gasteiger partial charge on any atom is 0.238 e. The first-order chi connectivity index (χ1) is 9.50. The minimum Gasteiger partial charge on any atom is -0.266 e. The quantitative estimate of drug-likeness (QED) is 0.917. The Bertz CT molecular complexity index is 752. The van der Waals surface area contributed by atoms with Crippen LogP contribution in [-0.2, 0) is 15.8 Å². The zero-order valence-corrected chi connectivity index (χ0v) is 12.6. The number of nitriles is 1. The van der Waals surface area contributed by atoms with Crippen LogP contribution in [0.1, 0.15) is 11.1 Å². The highest BCUT2D eigenvalue weighted by molar-refractivity contribution is 9.10. The average Bonchev–Trinajstić information content (AvgIpc) is 2.41. The van der Waals surface area contributed by atoms with E-state index in [1.807, 2.05) is 6.07 Å². The van der Waals surface area contributed by atoms with Gasteiger partial charge in [-0.15, -0.1) is 0 Å². The molecule has 0 spiro atoms. The third-order valence-electron chi connectivity index (χ3n) is 2.45. The van der Waals surface area contributed by atoms with Gasteiger partial charge in [0.15, 0.2) is 5.82 Å². The molecular weight excluding hydrogens is 342 g/mol. The Kier molecular flexibility index (Phi) is 4.37. The van der Waals surface area contributed by atoms with Crippen LogP contribution in [0.25, 0.3) is 0 Å². The molecule has 1 aromatic carbocycles. The van der Waals surface area contributed by atoms with E-state index in [0.717, 1.165) is 0 Å². The Morgan fingerprint density at radius 3 is 2.55 bits per heavy atom. The maximum atomic E-state index is 12.0. The molecule has 0 bridgehead atoms. The Morgan fingerprint density at radius 2 is 1.95 bits per heavy atom. The van der Waals surface area contributed by atoms with Crippen molar-refractivity contribution >= 4 is 31.8 Å². The second-order valence-corrected chi connectivity index (χ2v) is 6.58. The van der Waals surface area contributed by atoms with Crippen molar-refractivity contribution in [2.75, 3.05) is 4.72 Å². The SMILES string of the molecule is N#Cc1ccc(CS(=O)(=O)Nc2ncccc2Br)cc1. The van der Waals surface area contributed by atoms with Gasteiger partial charge >= 0.3 is 0 Å². The van der Waals surface area contributed by atoms with Gasteiger partial charge in [-0.3, -0.25) is 4.72 Å². The fraction of sp³-hybridized carbons (Fsp3) is 0.0769. The van der Waals surface area contributed by atoms with Crippen molar-refractivity contribution in [1.82, 2.24) is 4.98 Å². The van der Waals surface area contributed by atoms with Gasteiger partial charge in [0.25, 0.3) is 0 Å². The Labute approximate surface area is 125 Å². The number of anilines is 1. The second kappa shape index (κ2) is 6.03. The number of nitrogens with zero attached hydrogens (tertiary/aromatic N) is 2. The highest BCUT2D eigenvalue weighted by Crippen LogP contribution is 2.20. The summed E-state index contributed by atoms with van der Waals surface area (Å²) in [5.74, 6) is 0.0722. The number of sulfonamides is 1. The highest BCUT2D eigenvalue weighted by Gasteiger charge is 2.14. The summed E-state index contributed by atoms with van der Waals surface area (Å²) in [7, 11) is -3.56. The fourth-order valence-corrected chi connectivity index (χ4v) is 3.19. The summed E-state index contributed by atoms with van der Waals surface area (Å²) in [6.07, 6.45) is 1.50. The van der Waals surface area contributed by atoms with Crippen molar-refractivity contribution in [1.29, 1.82) is 5.26 Å². The van der Waals surface area contributed by atoms with Gasteiger partial charge in [0.2, 0.25) is 10.0 Å². The molecule has 7 heteroatoms. The molecule has 5 nitrogen and oxygen atoms in total. The van der Waals surface area contributed by atoms with Crippen LogP contribution in [-0.4, -0.2) is 13.4 Å². The molecule has 1 heterocycles. The van der Waals surface area contributed by atoms with E-state index in [1.54, 1.807) is 36.4 Å².